The Morgan fingerprint density at radius 3 is 2.33 bits per heavy atom. The lowest BCUT2D eigenvalue weighted by Crippen LogP contribution is -2.36. The van der Waals surface area contributed by atoms with E-state index < -0.39 is 0 Å². The molecule has 4 nitrogen and oxygen atoms in total. The van der Waals surface area contributed by atoms with E-state index in [9.17, 15) is 9.59 Å². The first kappa shape index (κ1) is 17.0. The minimum atomic E-state index is -0.296. The fraction of sp³-hybridized carbons (Fsp3) is 0.412. The van der Waals surface area contributed by atoms with Crippen molar-refractivity contribution in [2.75, 3.05) is 13.1 Å². The van der Waals surface area contributed by atoms with Gasteiger partial charge in [-0.1, -0.05) is 42.5 Å². The Balaban J connectivity index is 2.83. The number of hydrogen-bond donors (Lipinski definition) is 1. The minimum Gasteiger partial charge on any atom is -0.349 e. The topological polar surface area (TPSA) is 49.4 Å². The Morgan fingerprint density at radius 1 is 1.24 bits per heavy atom. The summed E-state index contributed by atoms with van der Waals surface area (Å²) in [4.78, 5) is 25.5. The van der Waals surface area contributed by atoms with Crippen molar-refractivity contribution in [1.29, 1.82) is 0 Å². The molecule has 0 heterocycles. The quantitative estimate of drug-likeness (QED) is 0.784. The first-order chi connectivity index (χ1) is 9.93. The van der Waals surface area contributed by atoms with Crippen LogP contribution >= 0.6 is 0 Å². The fourth-order valence-corrected chi connectivity index (χ4v) is 2.19. The SMILES string of the molecule is C=C(C)CN(CC)C(=O)CC(NC(C)=O)c1ccccc1. The van der Waals surface area contributed by atoms with Crippen molar-refractivity contribution < 1.29 is 9.59 Å². The zero-order valence-corrected chi connectivity index (χ0v) is 13.1. The lowest BCUT2D eigenvalue weighted by Gasteiger charge is -2.25. The van der Waals surface area contributed by atoms with Gasteiger partial charge >= 0.3 is 0 Å². The molecule has 0 aromatic heterocycles. The Labute approximate surface area is 126 Å². The van der Waals surface area contributed by atoms with Crippen LogP contribution in [0.15, 0.2) is 42.5 Å². The number of amides is 2. The van der Waals surface area contributed by atoms with E-state index in [1.165, 1.54) is 6.92 Å². The molecule has 1 aromatic carbocycles. The number of carbonyl (C=O) groups is 2. The van der Waals surface area contributed by atoms with Gasteiger partial charge in [-0.25, -0.2) is 0 Å². The third kappa shape index (κ3) is 5.81. The number of nitrogens with zero attached hydrogens (tertiary/aromatic N) is 1. The van der Waals surface area contributed by atoms with Gasteiger partial charge in [-0.2, -0.15) is 0 Å². The summed E-state index contributed by atoms with van der Waals surface area (Å²) in [5.41, 5.74) is 1.88. The second kappa shape index (κ2) is 8.25. The van der Waals surface area contributed by atoms with E-state index >= 15 is 0 Å². The van der Waals surface area contributed by atoms with Crippen LogP contribution in [0, 0.1) is 0 Å². The molecule has 21 heavy (non-hydrogen) atoms. The number of benzene rings is 1. The summed E-state index contributed by atoms with van der Waals surface area (Å²) in [6, 6.07) is 9.26. The van der Waals surface area contributed by atoms with E-state index in [-0.39, 0.29) is 24.3 Å². The monoisotopic (exact) mass is 288 g/mol. The second-order valence-corrected chi connectivity index (χ2v) is 5.23. The number of carbonyl (C=O) groups excluding carboxylic acids is 2. The summed E-state index contributed by atoms with van der Waals surface area (Å²) in [5, 5.41) is 2.85. The highest BCUT2D eigenvalue weighted by atomic mass is 16.2. The Morgan fingerprint density at radius 2 is 1.86 bits per heavy atom. The smallest absolute Gasteiger partial charge is 0.225 e. The molecule has 0 aliphatic heterocycles. The van der Waals surface area contributed by atoms with Gasteiger partial charge in [0.15, 0.2) is 0 Å². The number of nitrogens with one attached hydrogen (secondary N) is 1. The standard InChI is InChI=1S/C17H24N2O2/c1-5-19(12-13(2)3)17(21)11-16(18-14(4)20)15-9-7-6-8-10-15/h6-10,16H,2,5,11-12H2,1,3-4H3,(H,18,20). The fourth-order valence-electron chi connectivity index (χ4n) is 2.19. The predicted octanol–water partition coefficient (Wildman–Crippen LogP) is 2.68. The van der Waals surface area contributed by atoms with Crippen LogP contribution in [0.4, 0.5) is 0 Å². The molecule has 0 aliphatic carbocycles. The van der Waals surface area contributed by atoms with Crippen LogP contribution in [0.3, 0.4) is 0 Å². The molecule has 0 saturated carbocycles. The van der Waals surface area contributed by atoms with E-state index in [4.69, 9.17) is 0 Å². The molecule has 1 atom stereocenters. The van der Waals surface area contributed by atoms with Crippen LogP contribution in [-0.2, 0) is 9.59 Å². The van der Waals surface area contributed by atoms with Gasteiger partial charge in [0.05, 0.1) is 12.5 Å². The predicted molar refractivity (Wildman–Crippen MR) is 84.7 cm³/mol. The second-order valence-electron chi connectivity index (χ2n) is 5.23. The van der Waals surface area contributed by atoms with E-state index in [0.29, 0.717) is 13.1 Å². The molecule has 2 amide bonds. The Hall–Kier alpha value is -2.10. The average Bonchev–Trinajstić information content (AvgIpc) is 2.44. The summed E-state index contributed by atoms with van der Waals surface area (Å²) in [7, 11) is 0. The van der Waals surface area contributed by atoms with Crippen molar-refractivity contribution in [2.45, 2.75) is 33.2 Å². The molecule has 1 N–H and O–H groups in total. The van der Waals surface area contributed by atoms with Crippen LogP contribution in [0.2, 0.25) is 0 Å². The molecule has 1 aromatic rings. The van der Waals surface area contributed by atoms with Crippen molar-refractivity contribution in [3.63, 3.8) is 0 Å². The molecule has 114 valence electrons. The summed E-state index contributed by atoms with van der Waals surface area (Å²) in [6.07, 6.45) is 0.255. The summed E-state index contributed by atoms with van der Waals surface area (Å²) in [5.74, 6) is -0.122. The molecule has 1 unspecified atom stereocenters. The van der Waals surface area contributed by atoms with Gasteiger partial charge in [0, 0.05) is 20.0 Å². The molecule has 4 heteroatoms. The number of rotatable bonds is 7. The van der Waals surface area contributed by atoms with E-state index in [1.807, 2.05) is 44.2 Å². The molecule has 0 fully saturated rings. The van der Waals surface area contributed by atoms with Gasteiger partial charge in [0.1, 0.15) is 0 Å². The molecule has 1 rings (SSSR count). The van der Waals surface area contributed by atoms with E-state index in [2.05, 4.69) is 11.9 Å². The van der Waals surface area contributed by atoms with Crippen molar-refractivity contribution in [2.24, 2.45) is 0 Å². The largest absolute Gasteiger partial charge is 0.349 e. The zero-order chi connectivity index (χ0) is 15.8. The normalized spacial score (nSPS) is 11.6. The molecule has 0 radical (unpaired) electrons. The summed E-state index contributed by atoms with van der Waals surface area (Å²) < 4.78 is 0. The summed E-state index contributed by atoms with van der Waals surface area (Å²) in [6.45, 7) is 10.3. The zero-order valence-electron chi connectivity index (χ0n) is 13.1. The van der Waals surface area contributed by atoms with Gasteiger partial charge in [-0.3, -0.25) is 9.59 Å². The van der Waals surface area contributed by atoms with Gasteiger partial charge < -0.3 is 10.2 Å². The first-order valence-electron chi connectivity index (χ1n) is 7.18. The Bertz CT molecular complexity index is 497. The van der Waals surface area contributed by atoms with E-state index in [0.717, 1.165) is 11.1 Å². The lowest BCUT2D eigenvalue weighted by atomic mass is 10.0. The number of likely N-dealkylation sites (N-methyl/N-ethyl adjacent to an activating group) is 1. The maximum atomic E-state index is 12.4. The van der Waals surface area contributed by atoms with Gasteiger partial charge in [0.25, 0.3) is 0 Å². The minimum absolute atomic E-state index is 0.0168. The molecule has 0 aliphatic rings. The average molecular weight is 288 g/mol. The highest BCUT2D eigenvalue weighted by molar-refractivity contribution is 5.79. The van der Waals surface area contributed by atoms with Crippen molar-refractivity contribution in [1.82, 2.24) is 10.2 Å². The molecule has 0 bridgehead atoms. The highest BCUT2D eigenvalue weighted by Gasteiger charge is 2.20. The summed E-state index contributed by atoms with van der Waals surface area (Å²) >= 11 is 0. The van der Waals surface area contributed by atoms with Crippen LogP contribution < -0.4 is 5.32 Å². The van der Waals surface area contributed by atoms with Gasteiger partial charge in [-0.05, 0) is 19.4 Å². The maximum absolute atomic E-state index is 12.4. The first-order valence-corrected chi connectivity index (χ1v) is 7.18. The van der Waals surface area contributed by atoms with Crippen LogP contribution in [0.1, 0.15) is 38.8 Å². The highest BCUT2D eigenvalue weighted by Crippen LogP contribution is 2.18. The maximum Gasteiger partial charge on any atom is 0.225 e. The van der Waals surface area contributed by atoms with Crippen LogP contribution in [-0.4, -0.2) is 29.8 Å². The third-order valence-electron chi connectivity index (χ3n) is 3.15. The lowest BCUT2D eigenvalue weighted by molar-refractivity contribution is -0.131. The van der Waals surface area contributed by atoms with E-state index in [1.54, 1.807) is 4.90 Å². The molecule has 0 spiro atoms. The van der Waals surface area contributed by atoms with Crippen LogP contribution in [0.25, 0.3) is 0 Å². The van der Waals surface area contributed by atoms with Crippen LogP contribution in [0.5, 0.6) is 0 Å². The van der Waals surface area contributed by atoms with Crippen molar-refractivity contribution in [3.8, 4) is 0 Å². The molecule has 0 saturated heterocycles. The third-order valence-corrected chi connectivity index (χ3v) is 3.15. The Kier molecular flexibility index (Phi) is 6.66. The van der Waals surface area contributed by atoms with Gasteiger partial charge in [0.2, 0.25) is 11.8 Å². The molecular formula is C17H24N2O2. The number of hydrogen-bond acceptors (Lipinski definition) is 2. The van der Waals surface area contributed by atoms with Crippen molar-refractivity contribution in [3.05, 3.63) is 48.0 Å². The molecular weight excluding hydrogens is 264 g/mol. The van der Waals surface area contributed by atoms with Gasteiger partial charge in [-0.15, -0.1) is 0 Å². The van der Waals surface area contributed by atoms with Crippen molar-refractivity contribution >= 4 is 11.8 Å².